The predicted molar refractivity (Wildman–Crippen MR) is 64.2 cm³/mol. The summed E-state index contributed by atoms with van der Waals surface area (Å²) in [5.74, 6) is -0.419. The fourth-order valence-electron chi connectivity index (χ4n) is 2.17. The number of fused-ring (bicyclic) bond motifs is 3. The van der Waals surface area contributed by atoms with Gasteiger partial charge in [0.25, 0.3) is 0 Å². The summed E-state index contributed by atoms with van der Waals surface area (Å²) in [5.41, 5.74) is 3.36. The Morgan fingerprint density at radius 3 is 2.76 bits per heavy atom. The van der Waals surface area contributed by atoms with E-state index in [4.69, 9.17) is 0 Å². The summed E-state index contributed by atoms with van der Waals surface area (Å²) >= 11 is 0. The fourth-order valence-corrected chi connectivity index (χ4v) is 2.17. The zero-order valence-corrected chi connectivity index (χ0v) is 9.03. The molecule has 1 amide bonds. The van der Waals surface area contributed by atoms with E-state index in [0.717, 1.165) is 22.4 Å². The molecule has 0 aliphatic carbocycles. The van der Waals surface area contributed by atoms with Gasteiger partial charge in [0, 0.05) is 11.3 Å². The van der Waals surface area contributed by atoms with Crippen molar-refractivity contribution in [3.63, 3.8) is 0 Å². The van der Waals surface area contributed by atoms with E-state index >= 15 is 0 Å². The molecule has 0 bridgehead atoms. The van der Waals surface area contributed by atoms with Crippen molar-refractivity contribution >= 4 is 11.6 Å². The van der Waals surface area contributed by atoms with E-state index in [2.05, 4.69) is 5.32 Å². The Bertz CT molecular complexity index is 607. The quantitative estimate of drug-likeness (QED) is 0.736. The summed E-state index contributed by atoms with van der Waals surface area (Å²) in [6, 6.07) is 12.1. The summed E-state index contributed by atoms with van der Waals surface area (Å²) in [5, 5.41) is 2.83. The maximum absolute atomic E-state index is 13.2. The number of amides is 1. The molecular weight excluding hydrogens is 217 g/mol. The van der Waals surface area contributed by atoms with Gasteiger partial charge in [0.2, 0.25) is 5.91 Å². The van der Waals surface area contributed by atoms with Crippen LogP contribution in [-0.2, 0) is 11.2 Å². The van der Waals surface area contributed by atoms with Crippen molar-refractivity contribution in [3.8, 4) is 11.1 Å². The van der Waals surface area contributed by atoms with E-state index < -0.39 is 0 Å². The first-order valence-corrected chi connectivity index (χ1v) is 5.42. The molecule has 0 saturated heterocycles. The van der Waals surface area contributed by atoms with Crippen LogP contribution in [0.3, 0.4) is 0 Å². The van der Waals surface area contributed by atoms with Gasteiger partial charge in [-0.25, -0.2) is 4.39 Å². The topological polar surface area (TPSA) is 29.1 Å². The first-order valence-electron chi connectivity index (χ1n) is 5.42. The second kappa shape index (κ2) is 3.70. The molecule has 3 rings (SSSR count). The Labute approximate surface area is 98.1 Å². The van der Waals surface area contributed by atoms with Crippen molar-refractivity contribution in [3.05, 3.63) is 53.8 Å². The second-order valence-corrected chi connectivity index (χ2v) is 4.07. The lowest BCUT2D eigenvalue weighted by Crippen LogP contribution is -2.12. The van der Waals surface area contributed by atoms with Gasteiger partial charge in [0.05, 0.1) is 6.42 Å². The Kier molecular flexibility index (Phi) is 2.18. The van der Waals surface area contributed by atoms with Crippen LogP contribution in [0, 0.1) is 5.82 Å². The minimum absolute atomic E-state index is 0.109. The third kappa shape index (κ3) is 1.69. The van der Waals surface area contributed by atoms with Crippen LogP contribution in [-0.4, -0.2) is 5.91 Å². The van der Waals surface area contributed by atoms with E-state index in [0.29, 0.717) is 0 Å². The largest absolute Gasteiger partial charge is 0.325 e. The van der Waals surface area contributed by atoms with Crippen LogP contribution in [0.5, 0.6) is 0 Å². The number of anilines is 1. The van der Waals surface area contributed by atoms with E-state index in [1.54, 1.807) is 6.07 Å². The number of rotatable bonds is 0. The third-order valence-corrected chi connectivity index (χ3v) is 2.91. The standard InChI is InChI=1S/C14H10FNO/c15-10-5-6-11-9(7-10)8-14(17)16-13-4-2-1-3-12(11)13/h1-7H,8H2,(H,16,17). The Morgan fingerprint density at radius 1 is 1.06 bits per heavy atom. The molecule has 1 aliphatic rings. The van der Waals surface area contributed by atoms with Gasteiger partial charge >= 0.3 is 0 Å². The summed E-state index contributed by atoms with van der Waals surface area (Å²) in [6.07, 6.45) is 0.210. The first kappa shape index (κ1) is 10.0. The maximum atomic E-state index is 13.2. The van der Waals surface area contributed by atoms with Crippen LogP contribution in [0.2, 0.25) is 0 Å². The molecule has 0 saturated carbocycles. The van der Waals surface area contributed by atoms with Gasteiger partial charge in [-0.05, 0) is 29.3 Å². The highest BCUT2D eigenvalue weighted by molar-refractivity contribution is 6.00. The van der Waals surface area contributed by atoms with Crippen LogP contribution < -0.4 is 5.32 Å². The van der Waals surface area contributed by atoms with Crippen LogP contribution >= 0.6 is 0 Å². The number of halogens is 1. The molecule has 17 heavy (non-hydrogen) atoms. The second-order valence-electron chi connectivity index (χ2n) is 4.07. The number of nitrogens with one attached hydrogen (secondary N) is 1. The van der Waals surface area contributed by atoms with E-state index in [-0.39, 0.29) is 18.1 Å². The van der Waals surface area contributed by atoms with Crippen molar-refractivity contribution in [1.82, 2.24) is 0 Å². The monoisotopic (exact) mass is 227 g/mol. The number of hydrogen-bond donors (Lipinski definition) is 1. The van der Waals surface area contributed by atoms with Crippen molar-refractivity contribution in [2.75, 3.05) is 5.32 Å². The van der Waals surface area contributed by atoms with Gasteiger partial charge in [-0.1, -0.05) is 24.3 Å². The molecule has 2 aromatic rings. The molecule has 3 heteroatoms. The van der Waals surface area contributed by atoms with Crippen molar-refractivity contribution in [2.45, 2.75) is 6.42 Å². The highest BCUT2D eigenvalue weighted by Crippen LogP contribution is 2.33. The lowest BCUT2D eigenvalue weighted by atomic mass is 9.98. The number of para-hydroxylation sites is 1. The van der Waals surface area contributed by atoms with Gasteiger partial charge in [-0.3, -0.25) is 4.79 Å². The number of hydrogen-bond acceptors (Lipinski definition) is 1. The smallest absolute Gasteiger partial charge is 0.228 e. The molecule has 1 N–H and O–H groups in total. The summed E-state index contributed by atoms with van der Waals surface area (Å²) < 4.78 is 13.2. The van der Waals surface area contributed by atoms with Crippen LogP contribution in [0.4, 0.5) is 10.1 Å². The lowest BCUT2D eigenvalue weighted by molar-refractivity contribution is -0.115. The van der Waals surface area contributed by atoms with Gasteiger partial charge in [-0.15, -0.1) is 0 Å². The van der Waals surface area contributed by atoms with Gasteiger partial charge in [0.1, 0.15) is 5.82 Å². The molecule has 0 unspecified atom stereocenters. The van der Waals surface area contributed by atoms with E-state index in [1.165, 1.54) is 12.1 Å². The zero-order valence-electron chi connectivity index (χ0n) is 9.03. The van der Waals surface area contributed by atoms with Crippen molar-refractivity contribution in [2.24, 2.45) is 0 Å². The SMILES string of the molecule is O=C1Cc2cc(F)ccc2-c2ccccc2N1. The molecule has 0 fully saturated rings. The number of carbonyl (C=O) groups is 1. The normalized spacial score (nSPS) is 13.4. The molecule has 2 nitrogen and oxygen atoms in total. The molecule has 2 aromatic carbocycles. The van der Waals surface area contributed by atoms with Gasteiger partial charge in [-0.2, -0.15) is 0 Å². The third-order valence-electron chi connectivity index (χ3n) is 2.91. The zero-order chi connectivity index (χ0) is 11.8. The van der Waals surface area contributed by atoms with Crippen molar-refractivity contribution < 1.29 is 9.18 Å². The molecular formula is C14H10FNO. The van der Waals surface area contributed by atoms with E-state index in [9.17, 15) is 9.18 Å². The maximum Gasteiger partial charge on any atom is 0.228 e. The summed E-state index contributed by atoms with van der Waals surface area (Å²) in [4.78, 5) is 11.7. The van der Waals surface area contributed by atoms with E-state index in [1.807, 2.05) is 24.3 Å². The van der Waals surface area contributed by atoms with Gasteiger partial charge < -0.3 is 5.32 Å². The lowest BCUT2D eigenvalue weighted by Gasteiger charge is -2.07. The number of carbonyl (C=O) groups excluding carboxylic acids is 1. The Balaban J connectivity index is 2.29. The van der Waals surface area contributed by atoms with Gasteiger partial charge in [0.15, 0.2) is 0 Å². The molecule has 0 radical (unpaired) electrons. The minimum Gasteiger partial charge on any atom is -0.325 e. The molecule has 84 valence electrons. The molecule has 0 aromatic heterocycles. The van der Waals surface area contributed by atoms with Crippen LogP contribution in [0.1, 0.15) is 5.56 Å². The summed E-state index contributed by atoms with van der Waals surface area (Å²) in [7, 11) is 0. The minimum atomic E-state index is -0.309. The highest BCUT2D eigenvalue weighted by atomic mass is 19.1. The molecule has 1 aliphatic heterocycles. The average molecular weight is 227 g/mol. The predicted octanol–water partition coefficient (Wildman–Crippen LogP) is 2.99. The molecule has 0 atom stereocenters. The summed E-state index contributed by atoms with van der Waals surface area (Å²) in [6.45, 7) is 0. The highest BCUT2D eigenvalue weighted by Gasteiger charge is 2.18. The Hall–Kier alpha value is -2.16. The first-order chi connectivity index (χ1) is 8.24. The fraction of sp³-hybridized carbons (Fsp3) is 0.0714. The number of benzene rings is 2. The molecule has 1 heterocycles. The van der Waals surface area contributed by atoms with Crippen LogP contribution in [0.15, 0.2) is 42.5 Å². The molecule has 0 spiro atoms. The van der Waals surface area contributed by atoms with Crippen molar-refractivity contribution in [1.29, 1.82) is 0 Å². The van der Waals surface area contributed by atoms with Crippen LogP contribution in [0.25, 0.3) is 11.1 Å². The Morgan fingerprint density at radius 2 is 1.88 bits per heavy atom. The average Bonchev–Trinajstić information content (AvgIpc) is 2.43.